The Kier molecular flexibility index (Phi) is 4.52. The van der Waals surface area contributed by atoms with E-state index in [4.69, 9.17) is 5.73 Å². The SMILES string of the molecule is CC[C@@H](N)C(=O)Nc1ccc(N(C)C)cc1C. The Morgan fingerprint density at radius 3 is 2.59 bits per heavy atom. The fraction of sp³-hybridized carbons (Fsp3) is 0.462. The molecule has 4 nitrogen and oxygen atoms in total. The van der Waals surface area contributed by atoms with Crippen LogP contribution in [0.2, 0.25) is 0 Å². The van der Waals surface area contributed by atoms with Crippen LogP contribution in [0.1, 0.15) is 18.9 Å². The number of hydrogen-bond donors (Lipinski definition) is 2. The second kappa shape index (κ2) is 5.68. The van der Waals surface area contributed by atoms with Crippen LogP contribution >= 0.6 is 0 Å². The van der Waals surface area contributed by atoms with Gasteiger partial charge in [-0.2, -0.15) is 0 Å². The van der Waals surface area contributed by atoms with Crippen LogP contribution in [0.25, 0.3) is 0 Å². The van der Waals surface area contributed by atoms with Crippen molar-refractivity contribution in [1.29, 1.82) is 0 Å². The zero-order chi connectivity index (χ0) is 13.0. The molecule has 0 spiro atoms. The van der Waals surface area contributed by atoms with Crippen molar-refractivity contribution in [3.05, 3.63) is 23.8 Å². The molecule has 17 heavy (non-hydrogen) atoms. The number of amides is 1. The Bertz CT molecular complexity index is 402. The summed E-state index contributed by atoms with van der Waals surface area (Å²) in [5.41, 5.74) is 8.64. The monoisotopic (exact) mass is 235 g/mol. The number of benzene rings is 1. The maximum absolute atomic E-state index is 11.7. The van der Waals surface area contributed by atoms with Crippen molar-refractivity contribution in [1.82, 2.24) is 0 Å². The second-order valence-electron chi connectivity index (χ2n) is 4.40. The highest BCUT2D eigenvalue weighted by Crippen LogP contribution is 2.21. The summed E-state index contributed by atoms with van der Waals surface area (Å²) in [6.07, 6.45) is 0.640. The summed E-state index contributed by atoms with van der Waals surface area (Å²) in [5.74, 6) is -0.131. The van der Waals surface area contributed by atoms with Crippen LogP contribution in [-0.2, 0) is 4.79 Å². The summed E-state index contributed by atoms with van der Waals surface area (Å²) >= 11 is 0. The molecule has 1 atom stereocenters. The predicted octanol–water partition coefficient (Wildman–Crippen LogP) is 1.74. The number of carbonyl (C=O) groups is 1. The van der Waals surface area contributed by atoms with Crippen LogP contribution < -0.4 is 16.0 Å². The minimum absolute atomic E-state index is 0.131. The average Bonchev–Trinajstić information content (AvgIpc) is 2.30. The molecule has 1 aromatic rings. The highest BCUT2D eigenvalue weighted by atomic mass is 16.2. The van der Waals surface area contributed by atoms with E-state index in [2.05, 4.69) is 5.32 Å². The molecular weight excluding hydrogens is 214 g/mol. The molecule has 4 heteroatoms. The largest absolute Gasteiger partial charge is 0.378 e. The number of rotatable bonds is 4. The quantitative estimate of drug-likeness (QED) is 0.835. The first kappa shape index (κ1) is 13.5. The minimum atomic E-state index is -0.442. The van der Waals surface area contributed by atoms with E-state index >= 15 is 0 Å². The molecule has 0 aliphatic heterocycles. The Hall–Kier alpha value is -1.55. The minimum Gasteiger partial charge on any atom is -0.378 e. The van der Waals surface area contributed by atoms with Gasteiger partial charge >= 0.3 is 0 Å². The Morgan fingerprint density at radius 1 is 1.47 bits per heavy atom. The van der Waals surface area contributed by atoms with Gasteiger partial charge in [-0.3, -0.25) is 4.79 Å². The van der Waals surface area contributed by atoms with Gasteiger partial charge in [-0.15, -0.1) is 0 Å². The smallest absolute Gasteiger partial charge is 0.241 e. The van der Waals surface area contributed by atoms with Crippen molar-refractivity contribution in [2.45, 2.75) is 26.3 Å². The van der Waals surface area contributed by atoms with E-state index in [0.29, 0.717) is 6.42 Å². The maximum Gasteiger partial charge on any atom is 0.241 e. The lowest BCUT2D eigenvalue weighted by Crippen LogP contribution is -2.35. The molecule has 0 saturated carbocycles. The zero-order valence-electron chi connectivity index (χ0n) is 10.9. The van der Waals surface area contributed by atoms with Crippen LogP contribution in [0.5, 0.6) is 0 Å². The molecule has 0 bridgehead atoms. The van der Waals surface area contributed by atoms with Crippen molar-refractivity contribution in [3.8, 4) is 0 Å². The first-order valence-electron chi connectivity index (χ1n) is 5.80. The summed E-state index contributed by atoms with van der Waals surface area (Å²) in [4.78, 5) is 13.7. The summed E-state index contributed by atoms with van der Waals surface area (Å²) < 4.78 is 0. The number of aryl methyl sites for hydroxylation is 1. The van der Waals surface area contributed by atoms with Gasteiger partial charge in [0.15, 0.2) is 0 Å². The highest BCUT2D eigenvalue weighted by Gasteiger charge is 2.12. The maximum atomic E-state index is 11.7. The number of anilines is 2. The molecule has 0 saturated heterocycles. The Morgan fingerprint density at radius 2 is 2.12 bits per heavy atom. The number of hydrogen-bond acceptors (Lipinski definition) is 3. The molecule has 0 fully saturated rings. The van der Waals surface area contributed by atoms with Gasteiger partial charge < -0.3 is 16.0 Å². The van der Waals surface area contributed by atoms with Crippen LogP contribution in [-0.4, -0.2) is 26.0 Å². The lowest BCUT2D eigenvalue weighted by Gasteiger charge is -2.16. The van der Waals surface area contributed by atoms with Crippen molar-refractivity contribution in [3.63, 3.8) is 0 Å². The molecule has 0 unspecified atom stereocenters. The van der Waals surface area contributed by atoms with Gasteiger partial charge in [0.2, 0.25) is 5.91 Å². The molecule has 0 aliphatic rings. The molecule has 94 valence electrons. The summed E-state index contributed by atoms with van der Waals surface area (Å²) in [6.45, 7) is 3.87. The normalized spacial score (nSPS) is 12.1. The summed E-state index contributed by atoms with van der Waals surface area (Å²) in [6, 6.07) is 5.47. The number of nitrogens with two attached hydrogens (primary N) is 1. The van der Waals surface area contributed by atoms with Gasteiger partial charge in [0.25, 0.3) is 0 Å². The van der Waals surface area contributed by atoms with Gasteiger partial charge in [0.05, 0.1) is 6.04 Å². The molecule has 0 heterocycles. The van der Waals surface area contributed by atoms with Gasteiger partial charge in [0, 0.05) is 25.5 Å². The average molecular weight is 235 g/mol. The summed E-state index contributed by atoms with van der Waals surface area (Å²) in [5, 5.41) is 2.84. The fourth-order valence-corrected chi connectivity index (χ4v) is 1.48. The van der Waals surface area contributed by atoms with Crippen LogP contribution in [0.4, 0.5) is 11.4 Å². The molecule has 3 N–H and O–H groups in total. The van der Waals surface area contributed by atoms with Crippen LogP contribution in [0.3, 0.4) is 0 Å². The number of nitrogens with zero attached hydrogens (tertiary/aromatic N) is 1. The highest BCUT2D eigenvalue weighted by molar-refractivity contribution is 5.95. The second-order valence-corrected chi connectivity index (χ2v) is 4.40. The molecule has 1 rings (SSSR count). The lowest BCUT2D eigenvalue weighted by atomic mass is 10.1. The molecule has 0 radical (unpaired) electrons. The van der Waals surface area contributed by atoms with Crippen molar-refractivity contribution in [2.24, 2.45) is 5.73 Å². The van der Waals surface area contributed by atoms with Gasteiger partial charge in [0.1, 0.15) is 0 Å². The lowest BCUT2D eigenvalue weighted by molar-refractivity contribution is -0.117. The Balaban J connectivity index is 2.83. The van der Waals surface area contributed by atoms with Gasteiger partial charge in [-0.1, -0.05) is 6.92 Å². The van der Waals surface area contributed by atoms with E-state index in [1.165, 1.54) is 0 Å². The molecule has 0 aliphatic carbocycles. The van der Waals surface area contributed by atoms with E-state index in [-0.39, 0.29) is 5.91 Å². The third-order valence-electron chi connectivity index (χ3n) is 2.76. The first-order chi connectivity index (χ1) is 7.95. The van der Waals surface area contributed by atoms with E-state index in [0.717, 1.165) is 16.9 Å². The van der Waals surface area contributed by atoms with Crippen molar-refractivity contribution < 1.29 is 4.79 Å². The Labute approximate surface area is 103 Å². The van der Waals surface area contributed by atoms with E-state index in [1.807, 2.05) is 51.0 Å². The predicted molar refractivity (Wildman–Crippen MR) is 72.4 cm³/mol. The van der Waals surface area contributed by atoms with E-state index in [1.54, 1.807) is 0 Å². The topological polar surface area (TPSA) is 58.4 Å². The summed E-state index contributed by atoms with van der Waals surface area (Å²) in [7, 11) is 3.97. The van der Waals surface area contributed by atoms with Crippen LogP contribution in [0.15, 0.2) is 18.2 Å². The number of nitrogens with one attached hydrogen (secondary N) is 1. The third kappa shape index (κ3) is 3.46. The molecule has 0 aromatic heterocycles. The van der Waals surface area contributed by atoms with Crippen LogP contribution in [0, 0.1) is 6.92 Å². The zero-order valence-corrected chi connectivity index (χ0v) is 10.9. The van der Waals surface area contributed by atoms with Crippen molar-refractivity contribution in [2.75, 3.05) is 24.3 Å². The van der Waals surface area contributed by atoms with Gasteiger partial charge in [-0.25, -0.2) is 0 Å². The van der Waals surface area contributed by atoms with E-state index < -0.39 is 6.04 Å². The fourth-order valence-electron chi connectivity index (χ4n) is 1.48. The first-order valence-corrected chi connectivity index (χ1v) is 5.80. The molecule has 1 amide bonds. The molecular formula is C13H21N3O. The molecule has 1 aromatic carbocycles. The van der Waals surface area contributed by atoms with Crippen molar-refractivity contribution >= 4 is 17.3 Å². The third-order valence-corrected chi connectivity index (χ3v) is 2.76. The number of carbonyl (C=O) groups excluding carboxylic acids is 1. The van der Waals surface area contributed by atoms with Gasteiger partial charge in [-0.05, 0) is 37.1 Å². The standard InChI is InChI=1S/C13H21N3O/c1-5-11(14)13(17)15-12-7-6-10(16(3)4)8-9(12)2/h6-8,11H,5,14H2,1-4H3,(H,15,17)/t11-/m1/s1. The van der Waals surface area contributed by atoms with E-state index in [9.17, 15) is 4.79 Å².